The highest BCUT2D eigenvalue weighted by molar-refractivity contribution is 7.15. The maximum atomic E-state index is 15.5. The number of ether oxygens (including phenoxy) is 1. The summed E-state index contributed by atoms with van der Waals surface area (Å²) in [6, 6.07) is 1.67. The molecule has 2 aliphatic heterocycles. The minimum absolute atomic E-state index is 0.0803. The van der Waals surface area contributed by atoms with Gasteiger partial charge in [0.05, 0.1) is 13.2 Å². The fourth-order valence-electron chi connectivity index (χ4n) is 4.00. The van der Waals surface area contributed by atoms with Gasteiger partial charge in [0.15, 0.2) is 16.8 Å². The molecule has 2 fully saturated rings. The second kappa shape index (κ2) is 10.4. The quantitative estimate of drug-likeness (QED) is 0.614. The third-order valence-corrected chi connectivity index (χ3v) is 6.46. The number of hydrogen-bond acceptors (Lipinski definition) is 8. The predicted octanol–water partition coefficient (Wildman–Crippen LogP) is 3.15. The highest BCUT2D eigenvalue weighted by atomic mass is 32.1. The summed E-state index contributed by atoms with van der Waals surface area (Å²) in [5, 5.41) is 7.18. The number of amides is 1. The molecule has 2 N–H and O–H groups in total. The summed E-state index contributed by atoms with van der Waals surface area (Å²) in [6.45, 7) is 10.0. The average Bonchev–Trinajstić information content (AvgIpc) is 3.21. The van der Waals surface area contributed by atoms with Gasteiger partial charge < -0.3 is 20.3 Å². The predicted molar refractivity (Wildman–Crippen MR) is 124 cm³/mol. The van der Waals surface area contributed by atoms with E-state index in [1.807, 2.05) is 6.92 Å². The molecule has 0 aromatic carbocycles. The first-order chi connectivity index (χ1) is 15.5. The van der Waals surface area contributed by atoms with Crippen molar-refractivity contribution in [1.82, 2.24) is 19.8 Å². The molecule has 1 atom stereocenters. The maximum absolute atomic E-state index is 15.5. The zero-order valence-electron chi connectivity index (χ0n) is 18.3. The van der Waals surface area contributed by atoms with Crippen LogP contribution in [0.25, 0.3) is 0 Å². The van der Waals surface area contributed by atoms with E-state index in [0.29, 0.717) is 49.4 Å². The largest absolute Gasteiger partial charge is 0.379 e. The van der Waals surface area contributed by atoms with Crippen LogP contribution in [0.2, 0.25) is 0 Å². The minimum Gasteiger partial charge on any atom is -0.379 e. The fraction of sp³-hybridized carbons (Fsp3) is 0.500. The Hall–Kier alpha value is -2.56. The summed E-state index contributed by atoms with van der Waals surface area (Å²) >= 11 is 1.52. The number of nitrogens with zero attached hydrogens (tertiary/aromatic N) is 4. The van der Waals surface area contributed by atoms with Crippen molar-refractivity contribution in [2.45, 2.75) is 32.4 Å². The number of hydrogen-bond donors (Lipinski definition) is 2. The Labute approximate surface area is 191 Å². The van der Waals surface area contributed by atoms with E-state index in [1.165, 1.54) is 17.4 Å². The van der Waals surface area contributed by atoms with Crippen molar-refractivity contribution in [3.05, 3.63) is 41.2 Å². The van der Waals surface area contributed by atoms with E-state index in [1.54, 1.807) is 17.2 Å². The molecular formula is C22H29FN6O2S. The van der Waals surface area contributed by atoms with Gasteiger partial charge in [-0.05, 0) is 31.9 Å². The van der Waals surface area contributed by atoms with Gasteiger partial charge >= 0.3 is 0 Å². The lowest BCUT2D eigenvalue weighted by atomic mass is 10.1. The standard InChI is InChI=1S/C22H29FN6O2S/c1-3-19(30)29-6-4-5-17(14-29)25-21-20(23)16(13-28-7-9-31-10-8-28)11-18(26-21)27-22-24-12-15(2)32-22/h3,11-12,17H,1,4-10,13-14H2,2H3,(H2,24,25,26,27)/t17-/m0/s1. The molecule has 2 aromatic heterocycles. The molecule has 0 bridgehead atoms. The molecular weight excluding hydrogens is 431 g/mol. The van der Waals surface area contributed by atoms with E-state index in [4.69, 9.17) is 4.74 Å². The first kappa shape index (κ1) is 22.6. The van der Waals surface area contributed by atoms with Crippen LogP contribution in [-0.2, 0) is 16.1 Å². The van der Waals surface area contributed by atoms with Crippen LogP contribution in [0.15, 0.2) is 24.9 Å². The highest BCUT2D eigenvalue weighted by Crippen LogP contribution is 2.27. The molecule has 32 heavy (non-hydrogen) atoms. The summed E-state index contributed by atoms with van der Waals surface area (Å²) < 4.78 is 20.9. The number of carbonyl (C=O) groups is 1. The zero-order chi connectivity index (χ0) is 22.5. The van der Waals surface area contributed by atoms with Gasteiger partial charge in [0, 0.05) is 55.4 Å². The van der Waals surface area contributed by atoms with Gasteiger partial charge in [-0.15, -0.1) is 11.3 Å². The van der Waals surface area contributed by atoms with Crippen LogP contribution < -0.4 is 10.6 Å². The Morgan fingerprint density at radius 3 is 2.94 bits per heavy atom. The number of morpholine rings is 1. The summed E-state index contributed by atoms with van der Waals surface area (Å²) in [7, 11) is 0. The van der Waals surface area contributed by atoms with E-state index in [0.717, 1.165) is 30.8 Å². The number of carbonyl (C=O) groups excluding carboxylic acids is 1. The molecule has 0 saturated carbocycles. The first-order valence-corrected chi connectivity index (χ1v) is 11.7. The minimum atomic E-state index is -0.357. The molecule has 172 valence electrons. The van der Waals surface area contributed by atoms with Crippen LogP contribution in [0.5, 0.6) is 0 Å². The van der Waals surface area contributed by atoms with Gasteiger partial charge in [-0.25, -0.2) is 14.4 Å². The van der Waals surface area contributed by atoms with Gasteiger partial charge in [0.1, 0.15) is 5.82 Å². The Morgan fingerprint density at radius 1 is 1.41 bits per heavy atom. The molecule has 1 amide bonds. The maximum Gasteiger partial charge on any atom is 0.246 e. The zero-order valence-corrected chi connectivity index (χ0v) is 19.1. The molecule has 2 saturated heterocycles. The SMILES string of the molecule is C=CC(=O)N1CCC[C@H](Nc2nc(Nc3ncc(C)s3)cc(CN3CCOCC3)c2F)C1. The van der Waals surface area contributed by atoms with Crippen LogP contribution in [0, 0.1) is 12.7 Å². The molecule has 2 aromatic rings. The fourth-order valence-corrected chi connectivity index (χ4v) is 4.67. The van der Waals surface area contributed by atoms with E-state index in [2.05, 4.69) is 32.1 Å². The lowest BCUT2D eigenvalue weighted by Gasteiger charge is -2.33. The summed E-state index contributed by atoms with van der Waals surface area (Å²) in [4.78, 5) is 25.9. The summed E-state index contributed by atoms with van der Waals surface area (Å²) in [5.41, 5.74) is 0.565. The average molecular weight is 461 g/mol. The molecule has 0 radical (unpaired) electrons. The number of likely N-dealkylation sites (tertiary alicyclic amines) is 1. The number of halogens is 1. The van der Waals surface area contributed by atoms with E-state index in [-0.39, 0.29) is 23.6 Å². The summed E-state index contributed by atoms with van der Waals surface area (Å²) in [6.07, 6.45) is 4.79. The molecule has 8 nitrogen and oxygen atoms in total. The molecule has 0 aliphatic carbocycles. The topological polar surface area (TPSA) is 82.6 Å². The molecule has 10 heteroatoms. The van der Waals surface area contributed by atoms with Gasteiger partial charge in [-0.1, -0.05) is 6.58 Å². The van der Waals surface area contributed by atoms with Crippen molar-refractivity contribution in [2.75, 3.05) is 50.0 Å². The molecule has 2 aliphatic rings. The van der Waals surface area contributed by atoms with Crippen LogP contribution in [0.4, 0.5) is 21.2 Å². The van der Waals surface area contributed by atoms with Crippen molar-refractivity contribution in [3.63, 3.8) is 0 Å². The number of aromatic nitrogens is 2. The van der Waals surface area contributed by atoms with Crippen molar-refractivity contribution >= 4 is 34.0 Å². The Morgan fingerprint density at radius 2 is 2.22 bits per heavy atom. The molecule has 0 unspecified atom stereocenters. The Kier molecular flexibility index (Phi) is 7.33. The van der Waals surface area contributed by atoms with E-state index >= 15 is 4.39 Å². The van der Waals surface area contributed by atoms with E-state index < -0.39 is 0 Å². The number of rotatable bonds is 7. The second-order valence-electron chi connectivity index (χ2n) is 8.09. The van der Waals surface area contributed by atoms with Crippen molar-refractivity contribution in [1.29, 1.82) is 0 Å². The number of thiazole rings is 1. The van der Waals surface area contributed by atoms with Crippen LogP contribution in [0.1, 0.15) is 23.3 Å². The molecule has 4 rings (SSSR count). The van der Waals surface area contributed by atoms with Gasteiger partial charge in [0.25, 0.3) is 0 Å². The first-order valence-electron chi connectivity index (χ1n) is 10.9. The number of piperidine rings is 1. The molecule has 4 heterocycles. The Balaban J connectivity index is 1.57. The number of pyridine rings is 1. The van der Waals surface area contributed by atoms with Crippen molar-refractivity contribution < 1.29 is 13.9 Å². The Bertz CT molecular complexity index is 962. The van der Waals surface area contributed by atoms with Crippen LogP contribution in [-0.4, -0.2) is 71.1 Å². The van der Waals surface area contributed by atoms with Gasteiger partial charge in [-0.3, -0.25) is 9.69 Å². The third kappa shape index (κ3) is 5.62. The van der Waals surface area contributed by atoms with Gasteiger partial charge in [-0.2, -0.15) is 0 Å². The van der Waals surface area contributed by atoms with Gasteiger partial charge in [0.2, 0.25) is 5.91 Å². The van der Waals surface area contributed by atoms with E-state index in [9.17, 15) is 4.79 Å². The normalized spacial score (nSPS) is 19.6. The number of aryl methyl sites for hydroxylation is 1. The number of anilines is 3. The monoisotopic (exact) mass is 460 g/mol. The third-order valence-electron chi connectivity index (χ3n) is 5.64. The lowest BCUT2D eigenvalue weighted by molar-refractivity contribution is -0.127. The highest BCUT2D eigenvalue weighted by Gasteiger charge is 2.25. The van der Waals surface area contributed by atoms with Crippen LogP contribution in [0.3, 0.4) is 0 Å². The van der Waals surface area contributed by atoms with Crippen molar-refractivity contribution in [2.24, 2.45) is 0 Å². The van der Waals surface area contributed by atoms with Crippen molar-refractivity contribution in [3.8, 4) is 0 Å². The second-order valence-corrected chi connectivity index (χ2v) is 9.33. The number of nitrogens with one attached hydrogen (secondary N) is 2. The smallest absolute Gasteiger partial charge is 0.246 e. The van der Waals surface area contributed by atoms with Crippen LogP contribution >= 0.6 is 11.3 Å². The summed E-state index contributed by atoms with van der Waals surface area (Å²) in [5.74, 6) is 0.280. The lowest BCUT2D eigenvalue weighted by Crippen LogP contribution is -2.44. The molecule has 0 spiro atoms.